The lowest BCUT2D eigenvalue weighted by molar-refractivity contribution is 0.174. The van der Waals surface area contributed by atoms with E-state index in [9.17, 15) is 4.79 Å². The average molecular weight is 499 g/mol. The summed E-state index contributed by atoms with van der Waals surface area (Å²) < 4.78 is 18.7. The Labute approximate surface area is 189 Å². The Balaban J connectivity index is 1.45. The molecular weight excluding hydrogens is 484 g/mol. The lowest BCUT2D eigenvalue weighted by Crippen LogP contribution is -2.22. The highest BCUT2D eigenvalue weighted by atomic mass is 79.9. The number of rotatable bonds is 6. The monoisotopic (exact) mass is 498 g/mol. The van der Waals surface area contributed by atoms with Crippen LogP contribution in [-0.2, 0) is 12.3 Å². The largest absolute Gasteiger partial charge is 0.454 e. The predicted molar refractivity (Wildman–Crippen MR) is 119 cm³/mol. The maximum Gasteiger partial charge on any atom is 0.262 e. The molecule has 0 radical (unpaired) electrons. The number of hydrogen-bond acceptors (Lipinski definition) is 8. The predicted octanol–water partition coefficient (Wildman–Crippen LogP) is 4.42. The first-order chi connectivity index (χ1) is 15.1. The van der Waals surface area contributed by atoms with Crippen molar-refractivity contribution in [2.24, 2.45) is 0 Å². The van der Waals surface area contributed by atoms with E-state index >= 15 is 0 Å². The van der Waals surface area contributed by atoms with Gasteiger partial charge in [0.15, 0.2) is 16.7 Å². The molecule has 10 heteroatoms. The molecule has 0 amide bonds. The van der Waals surface area contributed by atoms with Crippen molar-refractivity contribution in [3.05, 3.63) is 69.8 Å². The molecule has 8 nitrogen and oxygen atoms in total. The summed E-state index contributed by atoms with van der Waals surface area (Å²) in [6.07, 6.45) is 1.66. The molecule has 0 unspecified atom stereocenters. The van der Waals surface area contributed by atoms with Gasteiger partial charge in [-0.05, 0) is 30.3 Å². The minimum atomic E-state index is -0.174. The molecule has 5 rings (SSSR count). The molecule has 0 aliphatic carbocycles. The van der Waals surface area contributed by atoms with Crippen LogP contribution in [-0.4, -0.2) is 26.5 Å². The first-order valence-electron chi connectivity index (χ1n) is 9.29. The summed E-state index contributed by atoms with van der Waals surface area (Å²) in [7, 11) is 0. The third-order valence-corrected chi connectivity index (χ3v) is 6.11. The van der Waals surface area contributed by atoms with Crippen LogP contribution in [0.3, 0.4) is 0 Å². The number of benzene rings is 2. The van der Waals surface area contributed by atoms with Crippen molar-refractivity contribution in [3.8, 4) is 22.9 Å². The molecule has 0 fully saturated rings. The molecule has 0 saturated carbocycles. The minimum absolute atomic E-state index is 0.131. The fourth-order valence-corrected chi connectivity index (χ4v) is 4.26. The maximum absolute atomic E-state index is 13.1. The van der Waals surface area contributed by atoms with E-state index in [0.717, 1.165) is 10.0 Å². The fourth-order valence-electron chi connectivity index (χ4n) is 3.15. The quantitative estimate of drug-likeness (QED) is 0.219. The van der Waals surface area contributed by atoms with Crippen molar-refractivity contribution < 1.29 is 14.0 Å². The van der Waals surface area contributed by atoms with Crippen LogP contribution in [0.5, 0.6) is 11.5 Å². The van der Waals surface area contributed by atoms with Crippen LogP contribution in [0.1, 0.15) is 5.89 Å². The van der Waals surface area contributed by atoms with E-state index in [4.69, 9.17) is 14.0 Å². The van der Waals surface area contributed by atoms with Crippen LogP contribution in [0.2, 0.25) is 0 Å². The summed E-state index contributed by atoms with van der Waals surface area (Å²) in [5.74, 6) is 2.43. The van der Waals surface area contributed by atoms with E-state index in [1.165, 1.54) is 11.8 Å². The molecule has 3 heterocycles. The summed E-state index contributed by atoms with van der Waals surface area (Å²) in [6, 6.07) is 11.0. The summed E-state index contributed by atoms with van der Waals surface area (Å²) in [4.78, 5) is 22.2. The van der Waals surface area contributed by atoms with Gasteiger partial charge in [-0.1, -0.05) is 38.9 Å². The van der Waals surface area contributed by atoms with Gasteiger partial charge in [-0.25, -0.2) is 4.98 Å². The van der Waals surface area contributed by atoms with Crippen LogP contribution in [0, 0.1) is 0 Å². The molecular formula is C21H15BrN4O4S. The summed E-state index contributed by atoms with van der Waals surface area (Å²) in [6.45, 7) is 4.21. The number of aromatic nitrogens is 4. The van der Waals surface area contributed by atoms with Crippen LogP contribution in [0.25, 0.3) is 22.3 Å². The molecule has 4 aromatic rings. The van der Waals surface area contributed by atoms with Gasteiger partial charge in [0.05, 0.1) is 16.7 Å². The first kappa shape index (κ1) is 19.8. The van der Waals surface area contributed by atoms with Crippen LogP contribution in [0.4, 0.5) is 0 Å². The first-order valence-corrected chi connectivity index (χ1v) is 11.1. The smallest absolute Gasteiger partial charge is 0.262 e. The zero-order valence-electron chi connectivity index (χ0n) is 16.1. The Bertz CT molecular complexity index is 1350. The lowest BCUT2D eigenvalue weighted by Gasteiger charge is -2.11. The number of nitrogens with zero attached hydrogens (tertiary/aromatic N) is 4. The summed E-state index contributed by atoms with van der Waals surface area (Å²) >= 11 is 4.75. The number of hydrogen-bond donors (Lipinski definition) is 0. The van der Waals surface area contributed by atoms with Gasteiger partial charge < -0.3 is 14.0 Å². The van der Waals surface area contributed by atoms with Gasteiger partial charge in [-0.3, -0.25) is 9.36 Å². The Morgan fingerprint density at radius 3 is 2.71 bits per heavy atom. The Hall–Kier alpha value is -3.11. The third-order valence-electron chi connectivity index (χ3n) is 4.62. The van der Waals surface area contributed by atoms with Crippen molar-refractivity contribution >= 4 is 38.6 Å². The number of allylic oxidation sites excluding steroid dienone is 1. The van der Waals surface area contributed by atoms with Crippen molar-refractivity contribution in [1.82, 2.24) is 19.7 Å². The minimum Gasteiger partial charge on any atom is -0.454 e. The Kier molecular flexibility index (Phi) is 5.24. The lowest BCUT2D eigenvalue weighted by atomic mass is 10.2. The average Bonchev–Trinajstić information content (AvgIpc) is 3.43. The van der Waals surface area contributed by atoms with Gasteiger partial charge in [-0.2, -0.15) is 4.98 Å². The fraction of sp³-hybridized carbons (Fsp3) is 0.143. The molecule has 2 aromatic carbocycles. The molecule has 0 atom stereocenters. The van der Waals surface area contributed by atoms with E-state index in [1.807, 2.05) is 24.3 Å². The van der Waals surface area contributed by atoms with Gasteiger partial charge in [-0.15, -0.1) is 6.58 Å². The van der Waals surface area contributed by atoms with E-state index in [0.29, 0.717) is 51.6 Å². The molecule has 1 aliphatic heterocycles. The SMILES string of the molecule is C=CCn1c(SCc2nc(-c3ccc(Br)cc3)no2)nc2cc3c(cc2c1=O)OCO3. The zero-order chi connectivity index (χ0) is 21.4. The molecule has 0 spiro atoms. The van der Waals surface area contributed by atoms with Gasteiger partial charge in [0, 0.05) is 22.6 Å². The number of thioether (sulfide) groups is 1. The number of halogens is 1. The third kappa shape index (κ3) is 3.84. The standard InChI is InChI=1S/C21H15BrN4O4S/c1-2-7-26-20(27)14-8-16-17(29-11-28-16)9-15(14)23-21(26)31-10-18-24-19(25-30-18)12-3-5-13(22)6-4-12/h2-6,8-9H,1,7,10-11H2. The topological polar surface area (TPSA) is 92.3 Å². The number of fused-ring (bicyclic) bond motifs is 2. The second-order valence-corrected chi connectivity index (χ2v) is 8.49. The second-order valence-electron chi connectivity index (χ2n) is 6.63. The van der Waals surface area contributed by atoms with Crippen LogP contribution >= 0.6 is 27.7 Å². The van der Waals surface area contributed by atoms with Crippen molar-refractivity contribution in [2.75, 3.05) is 6.79 Å². The molecule has 1 aliphatic rings. The molecule has 0 saturated heterocycles. The normalized spacial score (nSPS) is 12.4. The van der Waals surface area contributed by atoms with Crippen LogP contribution in [0.15, 0.2) is 68.0 Å². The summed E-state index contributed by atoms with van der Waals surface area (Å²) in [5, 5.41) is 5.03. The van der Waals surface area contributed by atoms with Crippen molar-refractivity contribution in [2.45, 2.75) is 17.5 Å². The molecule has 156 valence electrons. The van der Waals surface area contributed by atoms with E-state index in [2.05, 4.69) is 37.6 Å². The van der Waals surface area contributed by atoms with Gasteiger partial charge in [0.1, 0.15) is 0 Å². The van der Waals surface area contributed by atoms with E-state index in [-0.39, 0.29) is 12.4 Å². The zero-order valence-corrected chi connectivity index (χ0v) is 18.5. The number of ether oxygens (including phenoxy) is 2. The molecule has 2 aromatic heterocycles. The highest BCUT2D eigenvalue weighted by Gasteiger charge is 2.19. The van der Waals surface area contributed by atoms with E-state index in [1.54, 1.807) is 22.8 Å². The maximum atomic E-state index is 13.1. The molecule has 0 N–H and O–H groups in total. The highest BCUT2D eigenvalue weighted by molar-refractivity contribution is 9.10. The molecule has 31 heavy (non-hydrogen) atoms. The highest BCUT2D eigenvalue weighted by Crippen LogP contribution is 2.35. The molecule has 0 bridgehead atoms. The Morgan fingerprint density at radius 1 is 1.16 bits per heavy atom. The van der Waals surface area contributed by atoms with Gasteiger partial charge in [0.25, 0.3) is 5.56 Å². The van der Waals surface area contributed by atoms with E-state index < -0.39 is 0 Å². The van der Waals surface area contributed by atoms with Crippen molar-refractivity contribution in [1.29, 1.82) is 0 Å². The second kappa shape index (κ2) is 8.20. The van der Waals surface area contributed by atoms with Crippen LogP contribution < -0.4 is 15.0 Å². The van der Waals surface area contributed by atoms with Gasteiger partial charge in [0.2, 0.25) is 18.5 Å². The van der Waals surface area contributed by atoms with Crippen molar-refractivity contribution in [3.63, 3.8) is 0 Å². The van der Waals surface area contributed by atoms with Gasteiger partial charge >= 0.3 is 0 Å². The Morgan fingerprint density at radius 2 is 1.94 bits per heavy atom. The summed E-state index contributed by atoms with van der Waals surface area (Å²) in [5.41, 5.74) is 1.22.